The monoisotopic (exact) mass is 169 g/mol. The minimum absolute atomic E-state index is 0.0701. The van der Waals surface area contributed by atoms with Gasteiger partial charge in [0.2, 0.25) is 0 Å². The highest BCUT2D eigenvalue weighted by molar-refractivity contribution is 5.92. The zero-order chi connectivity index (χ0) is 8.97. The van der Waals surface area contributed by atoms with Gasteiger partial charge in [0.1, 0.15) is 5.75 Å². The molecule has 0 fully saturated rings. The van der Waals surface area contributed by atoms with Gasteiger partial charge in [-0.25, -0.2) is 4.39 Å². The third-order valence-electron chi connectivity index (χ3n) is 1.30. The quantitative estimate of drug-likeness (QED) is 0.655. The van der Waals surface area contributed by atoms with Crippen LogP contribution in [0.4, 0.5) is 10.1 Å². The molecule has 0 bridgehead atoms. The fourth-order valence-electron chi connectivity index (χ4n) is 0.763. The Kier molecular flexibility index (Phi) is 2.63. The minimum Gasteiger partial charge on any atom is -0.506 e. The van der Waals surface area contributed by atoms with Crippen molar-refractivity contribution in [3.05, 3.63) is 24.3 Å². The van der Waals surface area contributed by atoms with E-state index in [4.69, 9.17) is 5.11 Å². The van der Waals surface area contributed by atoms with Gasteiger partial charge in [-0.15, -0.1) is 0 Å². The number of hydrogen-bond donors (Lipinski definition) is 2. The topological polar surface area (TPSA) is 49.3 Å². The predicted octanol–water partition coefficient (Wildman–Crippen LogP) is 1.30. The Morgan fingerprint density at radius 3 is 2.75 bits per heavy atom. The first kappa shape index (κ1) is 8.52. The number of alkyl halides is 1. The highest BCUT2D eigenvalue weighted by Crippen LogP contribution is 2.20. The van der Waals surface area contributed by atoms with Gasteiger partial charge < -0.3 is 10.4 Å². The van der Waals surface area contributed by atoms with Crippen LogP contribution in [0.3, 0.4) is 0 Å². The number of aromatic hydroxyl groups is 1. The SMILES string of the molecule is O=C(CF)Nc1ccccc1O. The summed E-state index contributed by atoms with van der Waals surface area (Å²) >= 11 is 0. The summed E-state index contributed by atoms with van der Waals surface area (Å²) in [6.07, 6.45) is 0. The molecule has 0 radical (unpaired) electrons. The second-order valence-corrected chi connectivity index (χ2v) is 2.20. The zero-order valence-corrected chi connectivity index (χ0v) is 6.25. The lowest BCUT2D eigenvalue weighted by atomic mass is 10.3. The normalized spacial score (nSPS) is 9.42. The largest absolute Gasteiger partial charge is 0.506 e. The minimum atomic E-state index is -1.09. The van der Waals surface area contributed by atoms with Crippen molar-refractivity contribution in [3.8, 4) is 5.75 Å². The van der Waals surface area contributed by atoms with E-state index in [2.05, 4.69) is 5.32 Å². The van der Waals surface area contributed by atoms with Crippen LogP contribution in [0.2, 0.25) is 0 Å². The van der Waals surface area contributed by atoms with E-state index in [1.807, 2.05) is 0 Å². The van der Waals surface area contributed by atoms with Gasteiger partial charge in [0.25, 0.3) is 5.91 Å². The van der Waals surface area contributed by atoms with Crippen molar-refractivity contribution < 1.29 is 14.3 Å². The molecular formula is C8H8FNO2. The average Bonchev–Trinajstić information content (AvgIpc) is 2.09. The van der Waals surface area contributed by atoms with Gasteiger partial charge >= 0.3 is 0 Å². The van der Waals surface area contributed by atoms with Crippen molar-refractivity contribution in [3.63, 3.8) is 0 Å². The highest BCUT2D eigenvalue weighted by atomic mass is 19.1. The molecule has 1 aromatic rings. The maximum Gasteiger partial charge on any atom is 0.255 e. The zero-order valence-electron chi connectivity index (χ0n) is 6.25. The Hall–Kier alpha value is -1.58. The lowest BCUT2D eigenvalue weighted by Gasteiger charge is -2.03. The van der Waals surface area contributed by atoms with Crippen molar-refractivity contribution in [2.24, 2.45) is 0 Å². The molecule has 0 aliphatic heterocycles. The summed E-state index contributed by atoms with van der Waals surface area (Å²) in [5, 5.41) is 11.3. The molecule has 0 heterocycles. The van der Waals surface area contributed by atoms with Gasteiger partial charge in [0, 0.05) is 0 Å². The Balaban J connectivity index is 2.75. The molecule has 4 heteroatoms. The van der Waals surface area contributed by atoms with E-state index in [-0.39, 0.29) is 11.4 Å². The van der Waals surface area contributed by atoms with Crippen molar-refractivity contribution in [2.75, 3.05) is 12.0 Å². The van der Waals surface area contributed by atoms with Crippen molar-refractivity contribution in [1.82, 2.24) is 0 Å². The van der Waals surface area contributed by atoms with Crippen LogP contribution in [0.1, 0.15) is 0 Å². The summed E-state index contributed by atoms with van der Waals surface area (Å²) in [5.41, 5.74) is 0.222. The number of phenolic OH excluding ortho intramolecular Hbond substituents is 1. The number of phenols is 1. The van der Waals surface area contributed by atoms with E-state index in [9.17, 15) is 9.18 Å². The molecule has 1 aromatic carbocycles. The standard InChI is InChI=1S/C8H8FNO2/c9-5-8(12)10-6-3-1-2-4-7(6)11/h1-4,11H,5H2,(H,10,12). The van der Waals surface area contributed by atoms with E-state index in [0.717, 1.165) is 0 Å². The number of amides is 1. The number of para-hydroxylation sites is 2. The van der Waals surface area contributed by atoms with E-state index in [0.29, 0.717) is 0 Å². The first-order valence-corrected chi connectivity index (χ1v) is 3.38. The third-order valence-corrected chi connectivity index (χ3v) is 1.30. The number of nitrogens with one attached hydrogen (secondary N) is 1. The maximum absolute atomic E-state index is 11.7. The molecule has 1 rings (SSSR count). The fraction of sp³-hybridized carbons (Fsp3) is 0.125. The van der Waals surface area contributed by atoms with Gasteiger partial charge in [-0.2, -0.15) is 0 Å². The summed E-state index contributed by atoms with van der Waals surface area (Å²) in [7, 11) is 0. The van der Waals surface area contributed by atoms with Crippen molar-refractivity contribution in [1.29, 1.82) is 0 Å². The van der Waals surface area contributed by atoms with Gasteiger partial charge in [0.05, 0.1) is 5.69 Å². The molecule has 0 saturated heterocycles. The molecule has 3 nitrogen and oxygen atoms in total. The van der Waals surface area contributed by atoms with Gasteiger partial charge in [-0.05, 0) is 12.1 Å². The summed E-state index contributed by atoms with van der Waals surface area (Å²) in [6, 6.07) is 6.14. The lowest BCUT2D eigenvalue weighted by molar-refractivity contribution is -0.117. The van der Waals surface area contributed by atoms with Crippen LogP contribution in [0.15, 0.2) is 24.3 Å². The van der Waals surface area contributed by atoms with E-state index >= 15 is 0 Å². The maximum atomic E-state index is 11.7. The Labute approximate surface area is 68.8 Å². The Morgan fingerprint density at radius 2 is 2.17 bits per heavy atom. The Bertz CT molecular complexity index is 288. The number of rotatable bonds is 2. The molecular weight excluding hydrogens is 161 g/mol. The number of carbonyl (C=O) groups excluding carboxylic acids is 1. The highest BCUT2D eigenvalue weighted by Gasteiger charge is 2.03. The van der Waals surface area contributed by atoms with Gasteiger partial charge in [0.15, 0.2) is 6.67 Å². The molecule has 0 aliphatic carbocycles. The lowest BCUT2D eigenvalue weighted by Crippen LogP contribution is -2.12. The molecule has 2 N–H and O–H groups in total. The fourth-order valence-corrected chi connectivity index (χ4v) is 0.763. The summed E-state index contributed by atoms with van der Waals surface area (Å²) in [6.45, 7) is -1.09. The first-order chi connectivity index (χ1) is 5.74. The molecule has 0 aliphatic rings. The van der Waals surface area contributed by atoms with Crippen molar-refractivity contribution >= 4 is 11.6 Å². The average molecular weight is 169 g/mol. The molecule has 0 unspecified atom stereocenters. The molecule has 0 saturated carbocycles. The number of hydrogen-bond acceptors (Lipinski definition) is 2. The summed E-state index contributed by atoms with van der Waals surface area (Å²) < 4.78 is 11.7. The van der Waals surface area contributed by atoms with Crippen LogP contribution in [-0.4, -0.2) is 17.7 Å². The molecule has 0 aromatic heterocycles. The smallest absolute Gasteiger partial charge is 0.255 e. The summed E-state index contributed by atoms with van der Waals surface area (Å²) in [5.74, 6) is -0.837. The first-order valence-electron chi connectivity index (χ1n) is 3.38. The number of anilines is 1. The molecule has 64 valence electrons. The van der Waals surface area contributed by atoms with E-state index in [1.165, 1.54) is 12.1 Å². The molecule has 1 amide bonds. The number of halogens is 1. The Morgan fingerprint density at radius 1 is 1.50 bits per heavy atom. The predicted molar refractivity (Wildman–Crippen MR) is 42.7 cm³/mol. The van der Waals surface area contributed by atoms with Gasteiger partial charge in [-0.1, -0.05) is 12.1 Å². The molecule has 12 heavy (non-hydrogen) atoms. The van der Waals surface area contributed by atoms with Crippen molar-refractivity contribution in [2.45, 2.75) is 0 Å². The van der Waals surface area contributed by atoms with Crippen LogP contribution in [0.25, 0.3) is 0 Å². The summed E-state index contributed by atoms with van der Waals surface area (Å²) in [4.78, 5) is 10.5. The van der Waals surface area contributed by atoms with Gasteiger partial charge in [-0.3, -0.25) is 4.79 Å². The van der Waals surface area contributed by atoms with Crippen LogP contribution >= 0.6 is 0 Å². The molecule has 0 spiro atoms. The van der Waals surface area contributed by atoms with E-state index < -0.39 is 12.6 Å². The van der Waals surface area contributed by atoms with Crippen LogP contribution < -0.4 is 5.32 Å². The van der Waals surface area contributed by atoms with Crippen LogP contribution in [0.5, 0.6) is 5.75 Å². The van der Waals surface area contributed by atoms with E-state index in [1.54, 1.807) is 12.1 Å². The van der Waals surface area contributed by atoms with Crippen LogP contribution in [-0.2, 0) is 4.79 Å². The number of carbonyl (C=O) groups is 1. The van der Waals surface area contributed by atoms with Crippen LogP contribution in [0, 0.1) is 0 Å². The molecule has 0 atom stereocenters. The second kappa shape index (κ2) is 3.71. The second-order valence-electron chi connectivity index (χ2n) is 2.20. The number of benzene rings is 1. The third kappa shape index (κ3) is 1.95.